The minimum atomic E-state index is -0.437. The molecule has 1 N–H and O–H groups in total. The van der Waals surface area contributed by atoms with Crippen LogP contribution in [-0.4, -0.2) is 12.6 Å². The normalized spacial score (nSPS) is 13.8. The van der Waals surface area contributed by atoms with E-state index in [1.807, 2.05) is 39.8 Å². The molecule has 0 aliphatic rings. The summed E-state index contributed by atoms with van der Waals surface area (Å²) < 4.78 is 0. The zero-order valence-electron chi connectivity index (χ0n) is 11.8. The van der Waals surface area contributed by atoms with Crippen LogP contribution in [0.4, 0.5) is 0 Å². The summed E-state index contributed by atoms with van der Waals surface area (Å²) >= 11 is 0. The first-order valence-corrected chi connectivity index (χ1v) is 5.89. The van der Waals surface area contributed by atoms with Crippen molar-refractivity contribution in [3.63, 3.8) is 0 Å². The summed E-state index contributed by atoms with van der Waals surface area (Å²) in [5.41, 5.74) is 0.550. The lowest BCUT2D eigenvalue weighted by Crippen LogP contribution is -2.34. The van der Waals surface area contributed by atoms with Crippen molar-refractivity contribution in [1.29, 1.82) is 0 Å². The van der Waals surface area contributed by atoms with Crippen molar-refractivity contribution in [1.82, 2.24) is 5.32 Å². The van der Waals surface area contributed by atoms with Gasteiger partial charge in [0.25, 0.3) is 0 Å². The second kappa shape index (κ2) is 6.38. The molecule has 0 heterocycles. The Morgan fingerprint density at radius 3 is 2.18 bits per heavy atom. The number of amides is 1. The predicted molar refractivity (Wildman–Crippen MR) is 73.8 cm³/mol. The highest BCUT2D eigenvalue weighted by Crippen LogP contribution is 2.19. The van der Waals surface area contributed by atoms with Crippen LogP contribution in [-0.2, 0) is 4.79 Å². The fourth-order valence-electron chi connectivity index (χ4n) is 1.22. The Bertz CT molecular complexity index is 344. The Balaban J connectivity index is 5.24. The molecule has 0 aromatic carbocycles. The van der Waals surface area contributed by atoms with Crippen molar-refractivity contribution in [2.75, 3.05) is 0 Å². The van der Waals surface area contributed by atoms with Crippen LogP contribution in [0.1, 0.15) is 41.5 Å². The summed E-state index contributed by atoms with van der Waals surface area (Å²) in [6.45, 7) is 15.2. The average molecular weight is 236 g/mol. The number of aliphatic imine (C=N–C) groups is 1. The molecule has 0 rings (SSSR count). The van der Waals surface area contributed by atoms with E-state index in [0.717, 1.165) is 5.57 Å². The van der Waals surface area contributed by atoms with Crippen LogP contribution in [0.25, 0.3) is 0 Å². The van der Waals surface area contributed by atoms with E-state index in [-0.39, 0.29) is 11.8 Å². The molecule has 0 unspecified atom stereocenters. The molecule has 1 amide bonds. The molecule has 17 heavy (non-hydrogen) atoms. The minimum absolute atomic E-state index is 0.0532. The number of rotatable bonds is 4. The summed E-state index contributed by atoms with van der Waals surface area (Å²) in [6, 6.07) is 0. The van der Waals surface area contributed by atoms with E-state index in [9.17, 15) is 4.79 Å². The molecule has 3 nitrogen and oxygen atoms in total. The minimum Gasteiger partial charge on any atom is -0.310 e. The van der Waals surface area contributed by atoms with Gasteiger partial charge in [0.1, 0.15) is 5.82 Å². The highest BCUT2D eigenvalue weighted by atomic mass is 16.2. The smallest absolute Gasteiger partial charge is 0.230 e. The standard InChI is InChI=1S/C14H24N2O/c1-8-9-11(10(2)3)12(15-7)16-13(17)14(4,5)6/h8-10H,7H2,1-6H3,(H,16,17)/b9-8-,12-11-. The van der Waals surface area contributed by atoms with Crippen LogP contribution in [0.2, 0.25) is 0 Å². The summed E-state index contributed by atoms with van der Waals surface area (Å²) in [5.74, 6) is 0.785. The Morgan fingerprint density at radius 1 is 1.35 bits per heavy atom. The second-order valence-electron chi connectivity index (χ2n) is 5.32. The fourth-order valence-corrected chi connectivity index (χ4v) is 1.22. The van der Waals surface area contributed by atoms with Gasteiger partial charge in [-0.15, -0.1) is 0 Å². The first kappa shape index (κ1) is 15.6. The van der Waals surface area contributed by atoms with Crippen LogP contribution in [0.5, 0.6) is 0 Å². The van der Waals surface area contributed by atoms with E-state index in [4.69, 9.17) is 0 Å². The average Bonchev–Trinajstić information content (AvgIpc) is 2.20. The number of hydrogen-bond acceptors (Lipinski definition) is 2. The van der Waals surface area contributed by atoms with Crippen LogP contribution in [0.15, 0.2) is 28.5 Å². The molecule has 3 heteroatoms. The van der Waals surface area contributed by atoms with Crippen molar-refractivity contribution in [3.05, 3.63) is 23.5 Å². The third kappa shape index (κ3) is 4.98. The van der Waals surface area contributed by atoms with E-state index >= 15 is 0 Å². The molecule has 0 bridgehead atoms. The molecule has 0 fully saturated rings. The first-order chi connectivity index (χ1) is 7.73. The van der Waals surface area contributed by atoms with Crippen molar-refractivity contribution >= 4 is 12.6 Å². The van der Waals surface area contributed by atoms with Gasteiger partial charge in [0.2, 0.25) is 5.91 Å². The molecule has 0 atom stereocenters. The summed E-state index contributed by atoms with van der Waals surface area (Å²) in [7, 11) is 0. The van der Waals surface area contributed by atoms with Crippen LogP contribution < -0.4 is 5.32 Å². The van der Waals surface area contributed by atoms with Crippen LogP contribution in [0, 0.1) is 11.3 Å². The SMILES string of the molecule is C=N/C(NC(=O)C(C)(C)C)=C(\C=C/C)C(C)C. The van der Waals surface area contributed by atoms with Crippen molar-refractivity contribution in [3.8, 4) is 0 Å². The lowest BCUT2D eigenvalue weighted by Gasteiger charge is -2.20. The Kier molecular flexibility index (Phi) is 5.86. The molecular formula is C14H24N2O. The van der Waals surface area contributed by atoms with E-state index in [1.165, 1.54) is 0 Å². The number of nitrogens with zero attached hydrogens (tertiary/aromatic N) is 1. The highest BCUT2D eigenvalue weighted by molar-refractivity contribution is 5.83. The van der Waals surface area contributed by atoms with Crippen molar-refractivity contribution in [2.45, 2.75) is 41.5 Å². The molecule has 0 spiro atoms. The molecule has 0 saturated heterocycles. The fraction of sp³-hybridized carbons (Fsp3) is 0.571. The monoisotopic (exact) mass is 236 g/mol. The highest BCUT2D eigenvalue weighted by Gasteiger charge is 2.22. The molecule has 96 valence electrons. The molecule has 0 aromatic rings. The van der Waals surface area contributed by atoms with Crippen molar-refractivity contribution < 1.29 is 4.79 Å². The summed E-state index contributed by atoms with van der Waals surface area (Å²) in [4.78, 5) is 15.8. The van der Waals surface area contributed by atoms with Crippen LogP contribution >= 0.6 is 0 Å². The number of carbonyl (C=O) groups excluding carboxylic acids is 1. The molecular weight excluding hydrogens is 212 g/mol. The molecule has 0 saturated carbocycles. The third-order valence-corrected chi connectivity index (χ3v) is 2.31. The Hall–Kier alpha value is -1.38. The number of nitrogens with one attached hydrogen (secondary N) is 1. The predicted octanol–water partition coefficient (Wildman–Crippen LogP) is 3.29. The van der Waals surface area contributed by atoms with Gasteiger partial charge in [-0.25, -0.2) is 4.99 Å². The van der Waals surface area contributed by atoms with Gasteiger partial charge in [0.05, 0.1) is 0 Å². The van der Waals surface area contributed by atoms with Gasteiger partial charge in [-0.05, 0) is 25.1 Å². The number of allylic oxidation sites excluding steroid dienone is 3. The van der Waals surface area contributed by atoms with E-state index in [1.54, 1.807) is 0 Å². The van der Waals surface area contributed by atoms with Crippen molar-refractivity contribution in [2.24, 2.45) is 16.3 Å². The topological polar surface area (TPSA) is 41.5 Å². The quantitative estimate of drug-likeness (QED) is 0.590. The molecule has 0 aromatic heterocycles. The van der Waals surface area contributed by atoms with Gasteiger partial charge in [-0.1, -0.05) is 46.8 Å². The second-order valence-corrected chi connectivity index (χ2v) is 5.32. The lowest BCUT2D eigenvalue weighted by atomic mass is 9.95. The van der Waals surface area contributed by atoms with Gasteiger partial charge in [-0.3, -0.25) is 4.79 Å². The number of hydrogen-bond donors (Lipinski definition) is 1. The van der Waals surface area contributed by atoms with Gasteiger partial charge >= 0.3 is 0 Å². The molecule has 0 aliphatic carbocycles. The zero-order valence-corrected chi connectivity index (χ0v) is 11.8. The van der Waals surface area contributed by atoms with Gasteiger partial charge in [-0.2, -0.15) is 0 Å². The Morgan fingerprint density at radius 2 is 1.88 bits per heavy atom. The first-order valence-electron chi connectivity index (χ1n) is 5.89. The van der Waals surface area contributed by atoms with E-state index < -0.39 is 5.41 Å². The summed E-state index contributed by atoms with van der Waals surface area (Å²) in [6.07, 6.45) is 3.89. The maximum absolute atomic E-state index is 11.9. The number of carbonyl (C=O) groups is 1. The van der Waals surface area contributed by atoms with E-state index in [0.29, 0.717) is 5.82 Å². The maximum atomic E-state index is 11.9. The van der Waals surface area contributed by atoms with Gasteiger partial charge < -0.3 is 5.32 Å². The maximum Gasteiger partial charge on any atom is 0.230 e. The lowest BCUT2D eigenvalue weighted by molar-refractivity contribution is -0.127. The zero-order chi connectivity index (χ0) is 13.6. The third-order valence-electron chi connectivity index (χ3n) is 2.31. The van der Waals surface area contributed by atoms with Crippen LogP contribution in [0.3, 0.4) is 0 Å². The van der Waals surface area contributed by atoms with E-state index in [2.05, 4.69) is 30.9 Å². The largest absolute Gasteiger partial charge is 0.310 e. The van der Waals surface area contributed by atoms with Gasteiger partial charge in [0.15, 0.2) is 0 Å². The molecule has 0 aliphatic heterocycles. The summed E-state index contributed by atoms with van der Waals surface area (Å²) in [5, 5.41) is 2.83. The molecule has 0 radical (unpaired) electrons. The van der Waals surface area contributed by atoms with Gasteiger partial charge in [0, 0.05) is 5.41 Å². The Labute approximate surface area is 105 Å².